The second kappa shape index (κ2) is 8.05. The Morgan fingerprint density at radius 3 is 2.59 bits per heavy atom. The minimum Gasteiger partial charge on any atom is -0.465 e. The number of amides is 3. The summed E-state index contributed by atoms with van der Waals surface area (Å²) in [4.78, 5) is 27.3. The van der Waals surface area contributed by atoms with Crippen molar-refractivity contribution >= 4 is 29.4 Å². The van der Waals surface area contributed by atoms with E-state index in [1.807, 2.05) is 12.1 Å². The van der Waals surface area contributed by atoms with Crippen molar-refractivity contribution in [2.75, 3.05) is 11.9 Å². The lowest BCUT2D eigenvalue weighted by Gasteiger charge is -2.20. The summed E-state index contributed by atoms with van der Waals surface area (Å²) in [5, 5.41) is 4.80. The molecule has 6 nitrogen and oxygen atoms in total. The third-order valence-corrected chi connectivity index (χ3v) is 5.77. The summed E-state index contributed by atoms with van der Waals surface area (Å²) >= 11 is 1.49. The summed E-state index contributed by atoms with van der Waals surface area (Å²) in [7, 11) is 2.07. The molecule has 4 rings (SSSR count). The maximum absolute atomic E-state index is 11.9. The molecule has 1 atom stereocenters. The lowest BCUT2D eigenvalue weighted by Crippen LogP contribution is -2.22. The highest BCUT2D eigenvalue weighted by molar-refractivity contribution is 7.99. The highest BCUT2D eigenvalue weighted by Gasteiger charge is 2.35. The van der Waals surface area contributed by atoms with Crippen LogP contribution in [0.15, 0.2) is 75.1 Å². The van der Waals surface area contributed by atoms with Crippen molar-refractivity contribution in [1.29, 1.82) is 0 Å². The number of anilines is 1. The summed E-state index contributed by atoms with van der Waals surface area (Å²) in [5.41, 5.74) is 3.64. The van der Waals surface area contributed by atoms with Gasteiger partial charge < -0.3 is 14.6 Å². The average molecular weight is 407 g/mol. The van der Waals surface area contributed by atoms with E-state index >= 15 is 0 Å². The van der Waals surface area contributed by atoms with Gasteiger partial charge in [-0.05, 0) is 42.8 Å². The van der Waals surface area contributed by atoms with Crippen molar-refractivity contribution in [2.24, 2.45) is 0 Å². The third-order valence-electron chi connectivity index (χ3n) is 4.70. The molecule has 2 heterocycles. The van der Waals surface area contributed by atoms with Gasteiger partial charge in [-0.1, -0.05) is 41.6 Å². The number of imide groups is 1. The molecule has 0 bridgehead atoms. The second-order valence-electron chi connectivity index (χ2n) is 6.99. The lowest BCUT2D eigenvalue weighted by atomic mass is 10.1. The largest absolute Gasteiger partial charge is 0.465 e. The molecule has 0 aliphatic carbocycles. The first-order valence-corrected chi connectivity index (χ1v) is 10.0. The molecule has 148 valence electrons. The highest BCUT2D eigenvalue weighted by atomic mass is 32.2. The molecule has 0 spiro atoms. The molecule has 1 fully saturated rings. The van der Waals surface area contributed by atoms with Crippen molar-refractivity contribution in [3.8, 4) is 0 Å². The first-order chi connectivity index (χ1) is 14.0. The lowest BCUT2D eigenvalue weighted by molar-refractivity contribution is -0.120. The molecule has 1 unspecified atom stereocenters. The first-order valence-electron chi connectivity index (χ1n) is 9.23. The molecule has 1 aromatic heterocycles. The zero-order valence-electron chi connectivity index (χ0n) is 16.1. The van der Waals surface area contributed by atoms with Crippen LogP contribution < -0.4 is 15.5 Å². The fraction of sp³-hybridized carbons (Fsp3) is 0.182. The van der Waals surface area contributed by atoms with Crippen LogP contribution in [-0.2, 0) is 11.3 Å². The molecule has 0 saturated carbocycles. The van der Waals surface area contributed by atoms with Crippen LogP contribution in [0.4, 0.5) is 10.5 Å². The van der Waals surface area contributed by atoms with Crippen LogP contribution in [0.1, 0.15) is 22.9 Å². The smallest absolute Gasteiger partial charge is 0.322 e. The van der Waals surface area contributed by atoms with E-state index in [2.05, 4.69) is 65.9 Å². The maximum Gasteiger partial charge on any atom is 0.322 e. The fourth-order valence-corrected chi connectivity index (χ4v) is 4.19. The summed E-state index contributed by atoms with van der Waals surface area (Å²) in [6.45, 7) is 2.93. The number of urea groups is 1. The molecule has 29 heavy (non-hydrogen) atoms. The molecular weight excluding hydrogens is 386 g/mol. The van der Waals surface area contributed by atoms with Crippen LogP contribution in [0.3, 0.4) is 0 Å². The number of carbonyl (C=O) groups excluding carboxylic acids is 2. The predicted molar refractivity (Wildman–Crippen MR) is 112 cm³/mol. The van der Waals surface area contributed by atoms with Gasteiger partial charge >= 0.3 is 6.03 Å². The Hall–Kier alpha value is -3.19. The number of rotatable bonds is 6. The number of hydrogen-bond acceptors (Lipinski definition) is 5. The minimum atomic E-state index is -0.792. The van der Waals surface area contributed by atoms with Gasteiger partial charge in [0.15, 0.2) is 6.04 Å². The van der Waals surface area contributed by atoms with Gasteiger partial charge in [0.2, 0.25) is 0 Å². The summed E-state index contributed by atoms with van der Waals surface area (Å²) in [6, 6.07) is 17.2. The van der Waals surface area contributed by atoms with E-state index in [0.29, 0.717) is 5.76 Å². The Kier molecular flexibility index (Phi) is 5.31. The number of benzene rings is 2. The van der Waals surface area contributed by atoms with Gasteiger partial charge in [0.25, 0.3) is 5.91 Å². The molecular formula is C22H21N3O3S. The van der Waals surface area contributed by atoms with Crippen molar-refractivity contribution < 1.29 is 14.0 Å². The van der Waals surface area contributed by atoms with Crippen molar-refractivity contribution in [1.82, 2.24) is 10.6 Å². The molecule has 1 aliphatic heterocycles. The van der Waals surface area contributed by atoms with Crippen LogP contribution in [0.2, 0.25) is 0 Å². The molecule has 1 aliphatic rings. The van der Waals surface area contributed by atoms with Crippen LogP contribution in [-0.4, -0.2) is 19.0 Å². The van der Waals surface area contributed by atoms with Crippen LogP contribution in [0.25, 0.3) is 0 Å². The monoisotopic (exact) mass is 407 g/mol. The standard InChI is InChI=1S/C22H21N3O3S/c1-14-4-3-5-15(12-14)13-25(2)16-6-8-17(9-7-16)29-18-10-11-28-20(18)19-21(26)24-22(27)23-19/h3-12,19H,13H2,1-2H3,(H2,23,24,26,27). The first kappa shape index (κ1) is 19.1. The predicted octanol–water partition coefficient (Wildman–Crippen LogP) is 4.26. The molecule has 3 amide bonds. The Labute approximate surface area is 173 Å². The van der Waals surface area contributed by atoms with E-state index in [1.165, 1.54) is 29.2 Å². The van der Waals surface area contributed by atoms with Crippen molar-refractivity contribution in [2.45, 2.75) is 29.3 Å². The zero-order chi connectivity index (χ0) is 20.4. The molecule has 2 aromatic carbocycles. The van der Waals surface area contributed by atoms with Gasteiger partial charge in [-0.15, -0.1) is 0 Å². The maximum atomic E-state index is 11.9. The van der Waals surface area contributed by atoms with E-state index in [1.54, 1.807) is 6.07 Å². The van der Waals surface area contributed by atoms with E-state index in [9.17, 15) is 9.59 Å². The number of hydrogen-bond donors (Lipinski definition) is 2. The van der Waals surface area contributed by atoms with Gasteiger partial charge in [0, 0.05) is 24.2 Å². The normalized spacial score (nSPS) is 15.9. The Balaban J connectivity index is 1.45. The number of nitrogens with one attached hydrogen (secondary N) is 2. The fourth-order valence-electron chi connectivity index (χ4n) is 3.28. The molecule has 0 radical (unpaired) electrons. The van der Waals surface area contributed by atoms with Gasteiger partial charge in [0.05, 0.1) is 11.2 Å². The van der Waals surface area contributed by atoms with Crippen LogP contribution in [0, 0.1) is 6.92 Å². The number of carbonyl (C=O) groups is 2. The molecule has 2 N–H and O–H groups in total. The Morgan fingerprint density at radius 2 is 1.90 bits per heavy atom. The SMILES string of the molecule is Cc1cccc(CN(C)c2ccc(Sc3ccoc3C3NC(=O)NC3=O)cc2)c1. The number of nitrogens with zero attached hydrogens (tertiary/aromatic N) is 1. The summed E-state index contributed by atoms with van der Waals surface area (Å²) in [5.74, 6) is 0.0407. The van der Waals surface area contributed by atoms with Gasteiger partial charge in [-0.2, -0.15) is 0 Å². The van der Waals surface area contributed by atoms with E-state index in [0.717, 1.165) is 22.0 Å². The molecule has 1 saturated heterocycles. The zero-order valence-corrected chi connectivity index (χ0v) is 17.0. The van der Waals surface area contributed by atoms with Crippen molar-refractivity contribution in [3.05, 3.63) is 77.7 Å². The minimum absolute atomic E-state index is 0.403. The Bertz CT molecular complexity index is 1050. The second-order valence-corrected chi connectivity index (χ2v) is 8.10. The van der Waals surface area contributed by atoms with Gasteiger partial charge in [-0.25, -0.2) is 4.79 Å². The van der Waals surface area contributed by atoms with E-state index in [4.69, 9.17) is 4.42 Å². The van der Waals surface area contributed by atoms with Gasteiger partial charge in [0.1, 0.15) is 5.76 Å². The van der Waals surface area contributed by atoms with Gasteiger partial charge in [-0.3, -0.25) is 10.1 Å². The topological polar surface area (TPSA) is 74.6 Å². The van der Waals surface area contributed by atoms with E-state index < -0.39 is 18.0 Å². The number of furan rings is 1. The summed E-state index contributed by atoms with van der Waals surface area (Å²) in [6.07, 6.45) is 1.53. The third kappa shape index (κ3) is 4.30. The molecule has 7 heteroatoms. The Morgan fingerprint density at radius 1 is 1.10 bits per heavy atom. The summed E-state index contributed by atoms with van der Waals surface area (Å²) < 4.78 is 5.47. The average Bonchev–Trinajstić information content (AvgIpc) is 3.27. The van der Waals surface area contributed by atoms with E-state index in [-0.39, 0.29) is 0 Å². The quantitative estimate of drug-likeness (QED) is 0.598. The molecule has 3 aromatic rings. The number of aryl methyl sites for hydroxylation is 1. The van der Waals surface area contributed by atoms with Crippen LogP contribution in [0.5, 0.6) is 0 Å². The van der Waals surface area contributed by atoms with Crippen molar-refractivity contribution in [3.63, 3.8) is 0 Å². The highest BCUT2D eigenvalue weighted by Crippen LogP contribution is 2.35. The van der Waals surface area contributed by atoms with Crippen LogP contribution >= 0.6 is 11.8 Å².